The Balaban J connectivity index is 1.30. The van der Waals surface area contributed by atoms with Crippen molar-refractivity contribution in [3.8, 4) is 0 Å². The van der Waals surface area contributed by atoms with Crippen LogP contribution in [0.5, 0.6) is 0 Å². The predicted octanol–water partition coefficient (Wildman–Crippen LogP) is 3.41. The molecular formula is C25H27FN4O2. The van der Waals surface area contributed by atoms with E-state index in [4.69, 9.17) is 4.52 Å². The van der Waals surface area contributed by atoms with Gasteiger partial charge in [0, 0.05) is 25.7 Å². The number of aryl methyl sites for hydroxylation is 1. The standard InChI is InChI=1S/C25H27FN4O2/c1-17-27-24(32-29-17)25-13-21(28-23(31)11-19-9-5-6-10-22(19)26)12-20(25)15-30(16-25)14-18-7-3-2-4-8-18/h2-10,20-21H,11-16H2,1H3,(H,28,31)/t20-,21+,25-/m0/s1. The molecule has 2 aromatic carbocycles. The van der Waals surface area contributed by atoms with E-state index in [2.05, 4.69) is 44.6 Å². The summed E-state index contributed by atoms with van der Waals surface area (Å²) in [7, 11) is 0. The zero-order chi connectivity index (χ0) is 22.1. The van der Waals surface area contributed by atoms with Crippen molar-refractivity contribution in [1.82, 2.24) is 20.4 Å². The maximum atomic E-state index is 13.9. The minimum absolute atomic E-state index is 0.00496. The molecule has 1 saturated heterocycles. The summed E-state index contributed by atoms with van der Waals surface area (Å²) in [5, 5.41) is 7.18. The van der Waals surface area contributed by atoms with Crippen LogP contribution < -0.4 is 5.32 Å². The van der Waals surface area contributed by atoms with Crippen LogP contribution in [0.4, 0.5) is 4.39 Å². The van der Waals surface area contributed by atoms with E-state index in [0.717, 1.165) is 32.5 Å². The van der Waals surface area contributed by atoms with Gasteiger partial charge in [-0.1, -0.05) is 53.7 Å². The number of halogens is 1. The SMILES string of the molecule is Cc1noc([C@]23C[C@H](NC(=O)Cc4ccccc4F)C[C@H]2CN(Cc2ccccc2)C3)n1. The van der Waals surface area contributed by atoms with Crippen molar-refractivity contribution in [3.63, 3.8) is 0 Å². The van der Waals surface area contributed by atoms with Crippen LogP contribution >= 0.6 is 0 Å². The molecule has 1 amide bonds. The summed E-state index contributed by atoms with van der Waals surface area (Å²) in [4.78, 5) is 19.7. The molecule has 0 unspecified atom stereocenters. The topological polar surface area (TPSA) is 71.3 Å². The Bertz CT molecular complexity index is 1100. The van der Waals surface area contributed by atoms with Gasteiger partial charge in [0.15, 0.2) is 5.82 Å². The van der Waals surface area contributed by atoms with Gasteiger partial charge in [-0.15, -0.1) is 0 Å². The fourth-order valence-electron chi connectivity index (χ4n) is 5.47. The first-order chi connectivity index (χ1) is 15.5. The van der Waals surface area contributed by atoms with Crippen molar-refractivity contribution in [2.75, 3.05) is 13.1 Å². The number of nitrogens with zero attached hydrogens (tertiary/aromatic N) is 3. The summed E-state index contributed by atoms with van der Waals surface area (Å²) >= 11 is 0. The van der Waals surface area contributed by atoms with E-state index in [-0.39, 0.29) is 29.6 Å². The van der Waals surface area contributed by atoms with Gasteiger partial charge in [0.05, 0.1) is 11.8 Å². The molecule has 0 radical (unpaired) electrons. The molecule has 1 saturated carbocycles. The van der Waals surface area contributed by atoms with Gasteiger partial charge in [-0.05, 0) is 42.9 Å². The van der Waals surface area contributed by atoms with Crippen molar-refractivity contribution in [2.45, 2.75) is 44.2 Å². The number of amides is 1. The number of carbonyl (C=O) groups excluding carboxylic acids is 1. The molecule has 2 heterocycles. The summed E-state index contributed by atoms with van der Waals surface area (Å²) in [5.41, 5.74) is 1.42. The minimum atomic E-state index is -0.347. The molecule has 32 heavy (non-hydrogen) atoms. The Labute approximate surface area is 186 Å². The number of benzene rings is 2. The van der Waals surface area contributed by atoms with E-state index in [0.29, 0.717) is 23.2 Å². The Morgan fingerprint density at radius 1 is 1.22 bits per heavy atom. The summed E-state index contributed by atoms with van der Waals surface area (Å²) in [5.74, 6) is 1.10. The largest absolute Gasteiger partial charge is 0.353 e. The molecule has 166 valence electrons. The van der Waals surface area contributed by atoms with Crippen LogP contribution in [0.3, 0.4) is 0 Å². The average molecular weight is 435 g/mol. The molecule has 0 spiro atoms. The maximum absolute atomic E-state index is 13.9. The van der Waals surface area contributed by atoms with Gasteiger partial charge in [-0.25, -0.2) is 4.39 Å². The van der Waals surface area contributed by atoms with E-state index in [1.807, 2.05) is 13.0 Å². The predicted molar refractivity (Wildman–Crippen MR) is 117 cm³/mol. The number of hydrogen-bond acceptors (Lipinski definition) is 5. The highest BCUT2D eigenvalue weighted by atomic mass is 19.1. The number of hydrogen-bond donors (Lipinski definition) is 1. The molecule has 1 aromatic heterocycles. The zero-order valence-electron chi connectivity index (χ0n) is 18.1. The molecule has 2 fully saturated rings. The highest BCUT2D eigenvalue weighted by Crippen LogP contribution is 2.50. The normalized spacial score (nSPS) is 25.1. The quantitative estimate of drug-likeness (QED) is 0.644. The Morgan fingerprint density at radius 2 is 2.00 bits per heavy atom. The van der Waals surface area contributed by atoms with Crippen molar-refractivity contribution >= 4 is 5.91 Å². The molecule has 6 nitrogen and oxygen atoms in total. The van der Waals surface area contributed by atoms with Gasteiger partial charge in [-0.2, -0.15) is 4.98 Å². The van der Waals surface area contributed by atoms with Gasteiger partial charge < -0.3 is 9.84 Å². The summed E-state index contributed by atoms with van der Waals surface area (Å²) < 4.78 is 19.6. The summed E-state index contributed by atoms with van der Waals surface area (Å²) in [6, 6.07) is 16.9. The van der Waals surface area contributed by atoms with Crippen molar-refractivity contribution in [1.29, 1.82) is 0 Å². The first-order valence-electron chi connectivity index (χ1n) is 11.1. The maximum Gasteiger partial charge on any atom is 0.234 e. The van der Waals surface area contributed by atoms with Crippen LogP contribution in [-0.4, -0.2) is 40.1 Å². The number of nitrogens with one attached hydrogen (secondary N) is 1. The first-order valence-corrected chi connectivity index (χ1v) is 11.1. The summed E-state index contributed by atoms with van der Waals surface area (Å²) in [6.07, 6.45) is 1.63. The van der Waals surface area contributed by atoms with Crippen LogP contribution in [0, 0.1) is 18.7 Å². The molecule has 1 aliphatic heterocycles. The molecule has 0 bridgehead atoms. The zero-order valence-corrected chi connectivity index (χ0v) is 18.1. The Hall–Kier alpha value is -3.06. The van der Waals surface area contributed by atoms with E-state index >= 15 is 0 Å². The minimum Gasteiger partial charge on any atom is -0.353 e. The third-order valence-electron chi connectivity index (χ3n) is 6.82. The van der Waals surface area contributed by atoms with Crippen LogP contribution in [0.2, 0.25) is 0 Å². The van der Waals surface area contributed by atoms with E-state index < -0.39 is 0 Å². The average Bonchev–Trinajstić information content (AvgIpc) is 3.43. The molecule has 5 rings (SSSR count). The smallest absolute Gasteiger partial charge is 0.234 e. The lowest BCUT2D eigenvalue weighted by Crippen LogP contribution is -2.38. The fourth-order valence-corrected chi connectivity index (χ4v) is 5.47. The van der Waals surface area contributed by atoms with Crippen LogP contribution in [0.25, 0.3) is 0 Å². The second kappa shape index (κ2) is 8.47. The summed E-state index contributed by atoms with van der Waals surface area (Å²) in [6.45, 7) is 4.43. The van der Waals surface area contributed by atoms with Gasteiger partial charge in [0.2, 0.25) is 11.8 Å². The van der Waals surface area contributed by atoms with Crippen molar-refractivity contribution in [2.24, 2.45) is 5.92 Å². The highest BCUT2D eigenvalue weighted by Gasteiger charge is 2.57. The van der Waals surface area contributed by atoms with Gasteiger partial charge in [0.1, 0.15) is 5.82 Å². The van der Waals surface area contributed by atoms with Gasteiger partial charge >= 0.3 is 0 Å². The molecule has 1 N–H and O–H groups in total. The van der Waals surface area contributed by atoms with E-state index in [1.54, 1.807) is 18.2 Å². The van der Waals surface area contributed by atoms with Gasteiger partial charge in [0.25, 0.3) is 0 Å². The third kappa shape index (κ3) is 4.05. The lowest BCUT2D eigenvalue weighted by molar-refractivity contribution is -0.121. The first kappa shape index (κ1) is 20.8. The number of carbonyl (C=O) groups is 1. The molecule has 3 atom stereocenters. The van der Waals surface area contributed by atoms with Crippen molar-refractivity contribution in [3.05, 3.63) is 83.3 Å². The monoisotopic (exact) mass is 434 g/mol. The van der Waals surface area contributed by atoms with Crippen LogP contribution in [0.15, 0.2) is 59.1 Å². The number of fused-ring (bicyclic) bond motifs is 1. The molecule has 3 aromatic rings. The lowest BCUT2D eigenvalue weighted by Gasteiger charge is -2.25. The van der Waals surface area contributed by atoms with Gasteiger partial charge in [-0.3, -0.25) is 9.69 Å². The van der Waals surface area contributed by atoms with Crippen LogP contribution in [0.1, 0.15) is 35.7 Å². The number of aromatic nitrogens is 2. The molecule has 2 aliphatic rings. The van der Waals surface area contributed by atoms with E-state index in [9.17, 15) is 9.18 Å². The third-order valence-corrected chi connectivity index (χ3v) is 6.82. The molecule has 7 heteroatoms. The Kier molecular flexibility index (Phi) is 5.51. The number of likely N-dealkylation sites (tertiary alicyclic amines) is 1. The highest BCUT2D eigenvalue weighted by molar-refractivity contribution is 5.79. The van der Waals surface area contributed by atoms with Crippen LogP contribution in [-0.2, 0) is 23.2 Å². The van der Waals surface area contributed by atoms with E-state index in [1.165, 1.54) is 11.6 Å². The lowest BCUT2D eigenvalue weighted by atomic mass is 9.80. The Morgan fingerprint density at radius 3 is 2.75 bits per heavy atom. The second-order valence-electron chi connectivity index (χ2n) is 9.13. The number of rotatable bonds is 6. The van der Waals surface area contributed by atoms with Crippen molar-refractivity contribution < 1.29 is 13.7 Å². The fraction of sp³-hybridized carbons (Fsp3) is 0.400. The molecule has 1 aliphatic carbocycles. The molecular weight excluding hydrogens is 407 g/mol. The second-order valence-corrected chi connectivity index (χ2v) is 9.13.